The molecule has 1 heterocycles. The molecule has 0 aromatic heterocycles. The number of amides is 1. The van der Waals surface area contributed by atoms with Crippen molar-refractivity contribution in [2.45, 2.75) is 26.2 Å². The van der Waals surface area contributed by atoms with Crippen molar-refractivity contribution in [3.8, 4) is 0 Å². The van der Waals surface area contributed by atoms with Crippen molar-refractivity contribution in [2.75, 3.05) is 39.4 Å². The van der Waals surface area contributed by atoms with Crippen LogP contribution >= 0.6 is 12.2 Å². The van der Waals surface area contributed by atoms with E-state index in [1.165, 1.54) is 0 Å². The average molecular weight is 287 g/mol. The zero-order valence-corrected chi connectivity index (χ0v) is 12.5. The summed E-state index contributed by atoms with van der Waals surface area (Å²) in [6.07, 6.45) is 2.58. The molecule has 110 valence electrons. The Bertz CT molecular complexity index is 294. The number of carbonyl (C=O) groups is 1. The lowest BCUT2D eigenvalue weighted by atomic mass is 10.0. The molecule has 1 rings (SSSR count). The molecule has 1 aliphatic heterocycles. The van der Waals surface area contributed by atoms with E-state index in [-0.39, 0.29) is 11.8 Å². The summed E-state index contributed by atoms with van der Waals surface area (Å²) in [6, 6.07) is 0. The molecule has 0 bridgehead atoms. The lowest BCUT2D eigenvalue weighted by Crippen LogP contribution is -2.40. The molecule has 5 nitrogen and oxygen atoms in total. The highest BCUT2D eigenvalue weighted by Gasteiger charge is 2.19. The van der Waals surface area contributed by atoms with E-state index in [4.69, 9.17) is 22.7 Å². The van der Waals surface area contributed by atoms with Crippen LogP contribution in [0.1, 0.15) is 26.2 Å². The Labute approximate surface area is 120 Å². The van der Waals surface area contributed by atoms with Crippen LogP contribution in [0, 0.1) is 5.92 Å². The number of ether oxygens (including phenoxy) is 1. The Morgan fingerprint density at radius 1 is 1.47 bits per heavy atom. The molecule has 0 aliphatic carbocycles. The van der Waals surface area contributed by atoms with Crippen LogP contribution in [0.25, 0.3) is 0 Å². The Morgan fingerprint density at radius 2 is 2.16 bits per heavy atom. The third-order valence-electron chi connectivity index (χ3n) is 3.29. The largest absolute Gasteiger partial charge is 0.393 e. The second-order valence-electron chi connectivity index (χ2n) is 4.84. The highest BCUT2D eigenvalue weighted by molar-refractivity contribution is 7.80. The van der Waals surface area contributed by atoms with Gasteiger partial charge in [-0.1, -0.05) is 25.6 Å². The molecule has 0 radical (unpaired) electrons. The Kier molecular flexibility index (Phi) is 7.93. The van der Waals surface area contributed by atoms with Gasteiger partial charge in [-0.2, -0.15) is 0 Å². The van der Waals surface area contributed by atoms with Crippen LogP contribution < -0.4 is 11.1 Å². The fraction of sp³-hybridized carbons (Fsp3) is 0.846. The summed E-state index contributed by atoms with van der Waals surface area (Å²) in [5.41, 5.74) is 5.59. The lowest BCUT2D eigenvalue weighted by Gasteiger charge is -2.26. The summed E-state index contributed by atoms with van der Waals surface area (Å²) >= 11 is 4.93. The Balaban J connectivity index is 2.16. The SMILES string of the molecule is CCCC(C(=O)NCCCN1CCOCC1)C(N)=S. The van der Waals surface area contributed by atoms with Gasteiger partial charge in [0.05, 0.1) is 24.1 Å². The summed E-state index contributed by atoms with van der Waals surface area (Å²) in [5, 5.41) is 2.92. The van der Waals surface area contributed by atoms with Gasteiger partial charge < -0.3 is 15.8 Å². The number of thiocarbonyl (C=S) groups is 1. The molecule has 0 aromatic carbocycles. The fourth-order valence-electron chi connectivity index (χ4n) is 2.15. The van der Waals surface area contributed by atoms with Crippen LogP contribution in [0.15, 0.2) is 0 Å². The normalized spacial score (nSPS) is 17.9. The minimum Gasteiger partial charge on any atom is -0.393 e. The highest BCUT2D eigenvalue weighted by atomic mass is 32.1. The number of nitrogens with two attached hydrogens (primary N) is 1. The van der Waals surface area contributed by atoms with E-state index in [2.05, 4.69) is 10.2 Å². The van der Waals surface area contributed by atoms with E-state index in [0.717, 1.165) is 52.1 Å². The maximum Gasteiger partial charge on any atom is 0.229 e. The van der Waals surface area contributed by atoms with Gasteiger partial charge in [0.15, 0.2) is 0 Å². The van der Waals surface area contributed by atoms with Crippen molar-refractivity contribution in [1.29, 1.82) is 0 Å². The highest BCUT2D eigenvalue weighted by Crippen LogP contribution is 2.07. The maximum absolute atomic E-state index is 11.9. The molecular weight excluding hydrogens is 262 g/mol. The monoisotopic (exact) mass is 287 g/mol. The van der Waals surface area contributed by atoms with Gasteiger partial charge in [-0.25, -0.2) is 0 Å². The lowest BCUT2D eigenvalue weighted by molar-refractivity contribution is -0.123. The molecule has 19 heavy (non-hydrogen) atoms. The number of hydrogen-bond donors (Lipinski definition) is 2. The Hall–Kier alpha value is -0.720. The van der Waals surface area contributed by atoms with Gasteiger partial charge in [0, 0.05) is 19.6 Å². The van der Waals surface area contributed by atoms with Crippen molar-refractivity contribution in [2.24, 2.45) is 11.7 Å². The summed E-state index contributed by atoms with van der Waals surface area (Å²) in [4.78, 5) is 14.6. The van der Waals surface area contributed by atoms with Crippen molar-refractivity contribution in [3.05, 3.63) is 0 Å². The quantitative estimate of drug-likeness (QED) is 0.503. The molecule has 0 aromatic rings. The third-order valence-corrected chi connectivity index (χ3v) is 3.58. The van der Waals surface area contributed by atoms with Crippen LogP contribution in [0.4, 0.5) is 0 Å². The van der Waals surface area contributed by atoms with E-state index in [9.17, 15) is 4.79 Å². The van der Waals surface area contributed by atoms with Gasteiger partial charge >= 0.3 is 0 Å². The smallest absolute Gasteiger partial charge is 0.229 e. The van der Waals surface area contributed by atoms with E-state index in [0.29, 0.717) is 11.5 Å². The zero-order chi connectivity index (χ0) is 14.1. The summed E-state index contributed by atoms with van der Waals surface area (Å²) in [5.74, 6) is -0.347. The van der Waals surface area contributed by atoms with Crippen molar-refractivity contribution in [1.82, 2.24) is 10.2 Å². The molecule has 6 heteroatoms. The van der Waals surface area contributed by atoms with Crippen LogP contribution in [0.5, 0.6) is 0 Å². The van der Waals surface area contributed by atoms with Crippen LogP contribution in [0.3, 0.4) is 0 Å². The minimum atomic E-state index is -0.316. The predicted octanol–water partition coefficient (Wildman–Crippen LogP) is 0.527. The number of nitrogens with one attached hydrogen (secondary N) is 1. The second-order valence-corrected chi connectivity index (χ2v) is 5.31. The summed E-state index contributed by atoms with van der Waals surface area (Å²) in [7, 11) is 0. The van der Waals surface area contributed by atoms with E-state index in [1.807, 2.05) is 6.92 Å². The molecule has 0 spiro atoms. The van der Waals surface area contributed by atoms with Crippen LogP contribution in [-0.4, -0.2) is 55.2 Å². The number of nitrogens with zero attached hydrogens (tertiary/aromatic N) is 1. The number of rotatable bonds is 8. The first-order valence-corrected chi connectivity index (χ1v) is 7.43. The average Bonchev–Trinajstić information content (AvgIpc) is 2.41. The standard InChI is InChI=1S/C13H25N3O2S/c1-2-4-11(12(14)19)13(17)15-5-3-6-16-7-9-18-10-8-16/h11H,2-10H2,1H3,(H2,14,19)(H,15,17). The first-order chi connectivity index (χ1) is 9.15. The third kappa shape index (κ3) is 6.31. The molecule has 1 saturated heterocycles. The summed E-state index contributed by atoms with van der Waals surface area (Å²) in [6.45, 7) is 7.29. The number of morpholine rings is 1. The van der Waals surface area contributed by atoms with Crippen molar-refractivity contribution < 1.29 is 9.53 Å². The Morgan fingerprint density at radius 3 is 2.74 bits per heavy atom. The van der Waals surface area contributed by atoms with E-state index in [1.54, 1.807) is 0 Å². The number of carbonyl (C=O) groups excluding carboxylic acids is 1. The topological polar surface area (TPSA) is 67.6 Å². The zero-order valence-electron chi connectivity index (χ0n) is 11.7. The first kappa shape index (κ1) is 16.3. The molecule has 1 unspecified atom stereocenters. The first-order valence-electron chi connectivity index (χ1n) is 7.02. The minimum absolute atomic E-state index is 0.0312. The maximum atomic E-state index is 11.9. The molecule has 1 atom stereocenters. The fourth-order valence-corrected chi connectivity index (χ4v) is 2.38. The van der Waals surface area contributed by atoms with Crippen molar-refractivity contribution >= 4 is 23.1 Å². The second kappa shape index (κ2) is 9.23. The van der Waals surface area contributed by atoms with Gasteiger partial charge in [-0.05, 0) is 19.4 Å². The molecule has 0 saturated carbocycles. The van der Waals surface area contributed by atoms with Gasteiger partial charge in [0.25, 0.3) is 0 Å². The summed E-state index contributed by atoms with van der Waals surface area (Å²) < 4.78 is 5.29. The van der Waals surface area contributed by atoms with Crippen LogP contribution in [0.2, 0.25) is 0 Å². The van der Waals surface area contributed by atoms with Gasteiger partial charge in [0.1, 0.15) is 0 Å². The molecule has 1 fully saturated rings. The molecule has 1 aliphatic rings. The predicted molar refractivity (Wildman–Crippen MR) is 80.1 cm³/mol. The number of hydrogen-bond acceptors (Lipinski definition) is 4. The molecule has 1 amide bonds. The van der Waals surface area contributed by atoms with E-state index < -0.39 is 0 Å². The van der Waals surface area contributed by atoms with Crippen molar-refractivity contribution in [3.63, 3.8) is 0 Å². The molecular formula is C13H25N3O2S. The van der Waals surface area contributed by atoms with Gasteiger partial charge in [0.2, 0.25) is 5.91 Å². The van der Waals surface area contributed by atoms with Gasteiger partial charge in [-0.15, -0.1) is 0 Å². The molecule has 3 N–H and O–H groups in total. The van der Waals surface area contributed by atoms with Gasteiger partial charge in [-0.3, -0.25) is 9.69 Å². The van der Waals surface area contributed by atoms with Crippen LogP contribution in [-0.2, 0) is 9.53 Å². The van der Waals surface area contributed by atoms with E-state index >= 15 is 0 Å².